The van der Waals surface area contributed by atoms with Crippen molar-refractivity contribution in [3.63, 3.8) is 0 Å². The molecule has 0 fully saturated rings. The van der Waals surface area contributed by atoms with Crippen molar-refractivity contribution in [3.8, 4) is 0 Å². The normalized spacial score (nSPS) is 10.6. The molecule has 0 saturated heterocycles. The highest BCUT2D eigenvalue weighted by molar-refractivity contribution is 7.99. The zero-order valence-electron chi connectivity index (χ0n) is 13.8. The Bertz CT molecular complexity index is 709. The standard InChI is InChI=1S/C17H22N4OS/c1-5-9-21-15(6-2)19-20-17(21)23-11-16(22)18-14-10-12(3)7-8-13(14)4/h5,7-8,10H,1,6,9,11H2,2-4H3,(H,18,22). The van der Waals surface area contributed by atoms with Gasteiger partial charge in [-0.2, -0.15) is 0 Å². The number of allylic oxidation sites excluding steroid dienone is 1. The summed E-state index contributed by atoms with van der Waals surface area (Å²) in [7, 11) is 0. The first-order valence-corrected chi connectivity index (χ1v) is 8.56. The molecule has 0 saturated carbocycles. The smallest absolute Gasteiger partial charge is 0.234 e. The number of hydrogen-bond donors (Lipinski definition) is 1. The summed E-state index contributed by atoms with van der Waals surface area (Å²) < 4.78 is 1.99. The number of hydrogen-bond acceptors (Lipinski definition) is 4. The molecule has 2 rings (SSSR count). The molecule has 0 aliphatic carbocycles. The van der Waals surface area contributed by atoms with Gasteiger partial charge in [0.15, 0.2) is 5.16 Å². The average molecular weight is 330 g/mol. The highest BCUT2D eigenvalue weighted by atomic mass is 32.2. The van der Waals surface area contributed by atoms with Gasteiger partial charge in [-0.3, -0.25) is 4.79 Å². The third-order valence-corrected chi connectivity index (χ3v) is 4.39. The van der Waals surface area contributed by atoms with Crippen LogP contribution in [0.15, 0.2) is 36.0 Å². The van der Waals surface area contributed by atoms with E-state index in [0.717, 1.165) is 34.2 Å². The van der Waals surface area contributed by atoms with Crippen LogP contribution in [0, 0.1) is 13.8 Å². The van der Waals surface area contributed by atoms with Crippen LogP contribution >= 0.6 is 11.8 Å². The predicted octanol–water partition coefficient (Wildman–Crippen LogP) is 3.37. The molecule has 6 heteroatoms. The first kappa shape index (κ1) is 17.3. The SMILES string of the molecule is C=CCn1c(CC)nnc1SCC(=O)Nc1cc(C)ccc1C. The molecule has 0 radical (unpaired) electrons. The average Bonchev–Trinajstić information content (AvgIpc) is 2.91. The van der Waals surface area contributed by atoms with Gasteiger partial charge in [-0.25, -0.2) is 0 Å². The molecule has 0 atom stereocenters. The van der Waals surface area contributed by atoms with Crippen LogP contribution in [0.5, 0.6) is 0 Å². The molecule has 1 amide bonds. The number of carbonyl (C=O) groups is 1. The van der Waals surface area contributed by atoms with E-state index >= 15 is 0 Å². The van der Waals surface area contributed by atoms with E-state index in [1.165, 1.54) is 11.8 Å². The molecule has 1 aromatic carbocycles. The number of aryl methyl sites for hydroxylation is 3. The molecule has 0 aliphatic rings. The maximum atomic E-state index is 12.2. The predicted molar refractivity (Wildman–Crippen MR) is 94.9 cm³/mol. The van der Waals surface area contributed by atoms with Gasteiger partial charge in [0, 0.05) is 18.7 Å². The van der Waals surface area contributed by atoms with E-state index < -0.39 is 0 Å². The molecule has 1 N–H and O–H groups in total. The van der Waals surface area contributed by atoms with Crippen molar-refractivity contribution < 1.29 is 4.79 Å². The molecule has 0 unspecified atom stereocenters. The van der Waals surface area contributed by atoms with Crippen molar-refractivity contribution in [2.45, 2.75) is 38.9 Å². The number of anilines is 1. The largest absolute Gasteiger partial charge is 0.325 e. The molecule has 0 bridgehead atoms. The summed E-state index contributed by atoms with van der Waals surface area (Å²) in [6.45, 7) is 10.4. The Morgan fingerprint density at radius 2 is 2.17 bits per heavy atom. The lowest BCUT2D eigenvalue weighted by Crippen LogP contribution is -2.15. The highest BCUT2D eigenvalue weighted by Crippen LogP contribution is 2.20. The van der Waals surface area contributed by atoms with Gasteiger partial charge in [-0.15, -0.1) is 16.8 Å². The fourth-order valence-electron chi connectivity index (χ4n) is 2.19. The molecule has 23 heavy (non-hydrogen) atoms. The quantitative estimate of drug-likeness (QED) is 0.624. The molecule has 122 valence electrons. The molecular weight excluding hydrogens is 308 g/mol. The van der Waals surface area contributed by atoms with Gasteiger partial charge in [0.25, 0.3) is 0 Å². The van der Waals surface area contributed by atoms with Gasteiger partial charge >= 0.3 is 0 Å². The summed E-state index contributed by atoms with van der Waals surface area (Å²) in [5.74, 6) is 1.16. The number of nitrogens with one attached hydrogen (secondary N) is 1. The van der Waals surface area contributed by atoms with Gasteiger partial charge < -0.3 is 9.88 Å². The molecule has 0 aliphatic heterocycles. The lowest BCUT2D eigenvalue weighted by Gasteiger charge is -2.09. The Hall–Kier alpha value is -2.08. The number of rotatable bonds is 7. The third kappa shape index (κ3) is 4.45. The van der Waals surface area contributed by atoms with E-state index in [1.807, 2.05) is 49.6 Å². The summed E-state index contributed by atoms with van der Waals surface area (Å²) in [5.41, 5.74) is 3.03. The van der Waals surface area contributed by atoms with Crippen LogP contribution in [0.2, 0.25) is 0 Å². The second-order valence-electron chi connectivity index (χ2n) is 5.31. The minimum atomic E-state index is -0.0464. The topological polar surface area (TPSA) is 59.8 Å². The van der Waals surface area contributed by atoms with Crippen LogP contribution in [0.1, 0.15) is 23.9 Å². The third-order valence-electron chi connectivity index (χ3n) is 3.42. The van der Waals surface area contributed by atoms with Crippen LogP contribution in [0.4, 0.5) is 5.69 Å². The number of benzene rings is 1. The van der Waals surface area contributed by atoms with Crippen molar-refractivity contribution in [3.05, 3.63) is 47.8 Å². The number of nitrogens with zero attached hydrogens (tertiary/aromatic N) is 3. The van der Waals surface area contributed by atoms with Crippen molar-refractivity contribution in [1.29, 1.82) is 0 Å². The first-order valence-electron chi connectivity index (χ1n) is 7.58. The molecule has 2 aromatic rings. The minimum absolute atomic E-state index is 0.0464. The van der Waals surface area contributed by atoms with E-state index in [2.05, 4.69) is 22.1 Å². The molecule has 5 nitrogen and oxygen atoms in total. The van der Waals surface area contributed by atoms with E-state index in [-0.39, 0.29) is 5.91 Å². The fourth-order valence-corrected chi connectivity index (χ4v) is 2.95. The summed E-state index contributed by atoms with van der Waals surface area (Å²) in [6.07, 6.45) is 2.61. The summed E-state index contributed by atoms with van der Waals surface area (Å²) in [5, 5.41) is 12.0. The Morgan fingerprint density at radius 3 is 2.87 bits per heavy atom. The zero-order valence-corrected chi connectivity index (χ0v) is 14.6. The molecule has 0 spiro atoms. The molecule has 1 heterocycles. The van der Waals surface area contributed by atoms with Gasteiger partial charge in [0.05, 0.1) is 5.75 Å². The number of carbonyl (C=O) groups excluding carboxylic acids is 1. The van der Waals surface area contributed by atoms with Crippen LogP contribution in [0.25, 0.3) is 0 Å². The van der Waals surface area contributed by atoms with Crippen molar-refractivity contribution >= 4 is 23.4 Å². The Kier molecular flexibility index (Phi) is 5.98. The van der Waals surface area contributed by atoms with E-state index in [9.17, 15) is 4.79 Å². The summed E-state index contributed by atoms with van der Waals surface area (Å²) >= 11 is 1.39. The number of aromatic nitrogens is 3. The second-order valence-corrected chi connectivity index (χ2v) is 6.25. The number of thioether (sulfide) groups is 1. The zero-order chi connectivity index (χ0) is 16.8. The second kappa shape index (κ2) is 7.97. The van der Waals surface area contributed by atoms with Gasteiger partial charge in [-0.05, 0) is 31.0 Å². The first-order chi connectivity index (χ1) is 11.0. The Balaban J connectivity index is 2.00. The van der Waals surface area contributed by atoms with Crippen molar-refractivity contribution in [2.24, 2.45) is 0 Å². The van der Waals surface area contributed by atoms with Gasteiger partial charge in [0.2, 0.25) is 5.91 Å². The number of amides is 1. The van der Waals surface area contributed by atoms with E-state index in [4.69, 9.17) is 0 Å². The lowest BCUT2D eigenvalue weighted by molar-refractivity contribution is -0.113. The molecule has 1 aromatic heterocycles. The Morgan fingerprint density at radius 1 is 1.39 bits per heavy atom. The van der Waals surface area contributed by atoms with Crippen LogP contribution in [-0.4, -0.2) is 26.4 Å². The highest BCUT2D eigenvalue weighted by Gasteiger charge is 2.12. The molecular formula is C17H22N4OS. The monoisotopic (exact) mass is 330 g/mol. The van der Waals surface area contributed by atoms with Crippen LogP contribution in [0.3, 0.4) is 0 Å². The summed E-state index contributed by atoms with van der Waals surface area (Å²) in [6, 6.07) is 6.02. The van der Waals surface area contributed by atoms with E-state index in [0.29, 0.717) is 12.3 Å². The Labute approximate surface area is 141 Å². The van der Waals surface area contributed by atoms with Crippen LogP contribution in [-0.2, 0) is 17.8 Å². The maximum Gasteiger partial charge on any atom is 0.234 e. The minimum Gasteiger partial charge on any atom is -0.325 e. The maximum absolute atomic E-state index is 12.2. The van der Waals surface area contributed by atoms with Gasteiger partial charge in [-0.1, -0.05) is 36.9 Å². The van der Waals surface area contributed by atoms with Crippen LogP contribution < -0.4 is 5.32 Å². The van der Waals surface area contributed by atoms with E-state index in [1.54, 1.807) is 0 Å². The van der Waals surface area contributed by atoms with Gasteiger partial charge in [0.1, 0.15) is 5.82 Å². The van der Waals surface area contributed by atoms with Crippen molar-refractivity contribution in [1.82, 2.24) is 14.8 Å². The van der Waals surface area contributed by atoms with Crippen molar-refractivity contribution in [2.75, 3.05) is 11.1 Å². The lowest BCUT2D eigenvalue weighted by atomic mass is 10.1. The fraction of sp³-hybridized carbons (Fsp3) is 0.353. The summed E-state index contributed by atoms with van der Waals surface area (Å²) in [4.78, 5) is 12.2.